The van der Waals surface area contributed by atoms with Crippen molar-refractivity contribution >= 4 is 35.1 Å². The maximum absolute atomic E-state index is 11.1. The summed E-state index contributed by atoms with van der Waals surface area (Å²) in [5.41, 5.74) is 1.81. The van der Waals surface area contributed by atoms with Gasteiger partial charge in [0.05, 0.1) is 15.7 Å². The number of aromatic nitrogens is 2. The van der Waals surface area contributed by atoms with Crippen molar-refractivity contribution in [1.82, 2.24) is 9.38 Å². The third kappa shape index (κ3) is 1.70. The Balaban J connectivity index is 2.87. The molecule has 0 radical (unpaired) electrons. The lowest BCUT2D eigenvalue weighted by Gasteiger charge is -2.00. The van der Waals surface area contributed by atoms with Crippen molar-refractivity contribution in [2.45, 2.75) is 19.8 Å². The van der Waals surface area contributed by atoms with Gasteiger partial charge in [0.25, 0.3) is 0 Å². The van der Waals surface area contributed by atoms with E-state index in [1.807, 2.05) is 13.8 Å². The Hall–Kier alpha value is -1.06. The molecule has 0 amide bonds. The molecular weight excluding hydrogens is 247 g/mol. The van der Waals surface area contributed by atoms with Crippen molar-refractivity contribution < 1.29 is 4.79 Å². The molecule has 0 fully saturated rings. The molecule has 0 saturated carbocycles. The van der Waals surface area contributed by atoms with Crippen LogP contribution in [0.2, 0.25) is 10.0 Å². The molecule has 2 heterocycles. The molecule has 0 unspecified atom stereocenters. The van der Waals surface area contributed by atoms with Gasteiger partial charge in [-0.3, -0.25) is 9.20 Å². The summed E-state index contributed by atoms with van der Waals surface area (Å²) in [7, 11) is 0. The zero-order chi connectivity index (χ0) is 11.9. The van der Waals surface area contributed by atoms with E-state index in [0.29, 0.717) is 21.4 Å². The molecular formula is C11H10Cl2N2O. The first-order valence-electron chi connectivity index (χ1n) is 4.86. The molecule has 0 saturated heterocycles. The van der Waals surface area contributed by atoms with Gasteiger partial charge in [-0.05, 0) is 12.0 Å². The van der Waals surface area contributed by atoms with Gasteiger partial charge >= 0.3 is 0 Å². The first-order valence-corrected chi connectivity index (χ1v) is 5.62. The number of hydrogen-bond acceptors (Lipinski definition) is 2. The summed E-state index contributed by atoms with van der Waals surface area (Å²) < 4.78 is 1.63. The molecule has 84 valence electrons. The number of halogens is 2. The standard InChI is InChI=1S/C11H10Cl2N2O/c1-6(2)10-9(5-16)15-4-7(12)3-8(13)11(15)14-10/h3-6H,1-2H3. The van der Waals surface area contributed by atoms with Crippen LogP contribution in [-0.4, -0.2) is 15.7 Å². The van der Waals surface area contributed by atoms with Crippen molar-refractivity contribution in [2.75, 3.05) is 0 Å². The minimum absolute atomic E-state index is 0.162. The average molecular weight is 257 g/mol. The van der Waals surface area contributed by atoms with Crippen molar-refractivity contribution in [2.24, 2.45) is 0 Å². The van der Waals surface area contributed by atoms with Crippen molar-refractivity contribution in [1.29, 1.82) is 0 Å². The Bertz CT molecular complexity index is 561. The van der Waals surface area contributed by atoms with Crippen molar-refractivity contribution in [3.8, 4) is 0 Å². The molecule has 3 nitrogen and oxygen atoms in total. The number of carbonyl (C=O) groups is 1. The molecule has 0 spiro atoms. The van der Waals surface area contributed by atoms with E-state index in [4.69, 9.17) is 23.2 Å². The van der Waals surface area contributed by atoms with Gasteiger partial charge in [0, 0.05) is 6.20 Å². The Labute approximate surface area is 103 Å². The number of pyridine rings is 1. The van der Waals surface area contributed by atoms with Gasteiger partial charge in [0.1, 0.15) is 5.69 Å². The predicted molar refractivity (Wildman–Crippen MR) is 64.7 cm³/mol. The average Bonchev–Trinajstić information content (AvgIpc) is 2.56. The first kappa shape index (κ1) is 11.4. The van der Waals surface area contributed by atoms with Gasteiger partial charge in [-0.15, -0.1) is 0 Å². The minimum Gasteiger partial charge on any atom is -0.296 e. The summed E-state index contributed by atoms with van der Waals surface area (Å²) in [6.45, 7) is 3.95. The molecule has 0 aliphatic rings. The topological polar surface area (TPSA) is 34.4 Å². The van der Waals surface area contributed by atoms with E-state index in [1.54, 1.807) is 16.7 Å². The van der Waals surface area contributed by atoms with Gasteiger partial charge in [-0.1, -0.05) is 37.0 Å². The number of imidazole rings is 1. The summed E-state index contributed by atoms with van der Waals surface area (Å²) in [6.07, 6.45) is 2.42. The van der Waals surface area contributed by atoms with Crippen LogP contribution in [0.4, 0.5) is 0 Å². The van der Waals surface area contributed by atoms with Crippen LogP contribution in [0, 0.1) is 0 Å². The van der Waals surface area contributed by atoms with Crippen LogP contribution in [0.3, 0.4) is 0 Å². The highest BCUT2D eigenvalue weighted by Crippen LogP contribution is 2.26. The largest absolute Gasteiger partial charge is 0.296 e. The second kappa shape index (κ2) is 4.07. The fraction of sp³-hybridized carbons (Fsp3) is 0.273. The maximum Gasteiger partial charge on any atom is 0.168 e. The lowest BCUT2D eigenvalue weighted by Crippen LogP contribution is -1.96. The molecule has 5 heteroatoms. The third-order valence-electron chi connectivity index (χ3n) is 2.37. The highest BCUT2D eigenvalue weighted by molar-refractivity contribution is 6.36. The van der Waals surface area contributed by atoms with E-state index >= 15 is 0 Å². The molecule has 2 aromatic rings. The third-order valence-corrected chi connectivity index (χ3v) is 2.85. The van der Waals surface area contributed by atoms with E-state index < -0.39 is 0 Å². The van der Waals surface area contributed by atoms with Crippen LogP contribution in [0.15, 0.2) is 12.3 Å². The summed E-state index contributed by atoms with van der Waals surface area (Å²) in [4.78, 5) is 15.4. The summed E-state index contributed by atoms with van der Waals surface area (Å²) in [5.74, 6) is 0.162. The van der Waals surface area contributed by atoms with Crippen molar-refractivity contribution in [3.63, 3.8) is 0 Å². The molecule has 0 atom stereocenters. The van der Waals surface area contributed by atoms with Gasteiger partial charge in [0.2, 0.25) is 0 Å². The van der Waals surface area contributed by atoms with Crippen LogP contribution < -0.4 is 0 Å². The molecule has 0 aromatic carbocycles. The smallest absolute Gasteiger partial charge is 0.168 e. The van der Waals surface area contributed by atoms with Gasteiger partial charge in [0.15, 0.2) is 11.9 Å². The quantitative estimate of drug-likeness (QED) is 0.770. The van der Waals surface area contributed by atoms with Gasteiger partial charge in [-0.25, -0.2) is 4.98 Å². The fourth-order valence-corrected chi connectivity index (χ4v) is 2.16. The number of nitrogens with zero attached hydrogens (tertiary/aromatic N) is 2. The molecule has 0 bridgehead atoms. The normalized spacial score (nSPS) is 11.3. The molecule has 0 N–H and O–H groups in total. The zero-order valence-electron chi connectivity index (χ0n) is 8.87. The van der Waals surface area contributed by atoms with Crippen LogP contribution in [0.5, 0.6) is 0 Å². The van der Waals surface area contributed by atoms with E-state index in [0.717, 1.165) is 12.0 Å². The maximum atomic E-state index is 11.1. The SMILES string of the molecule is CC(C)c1nc2c(Cl)cc(Cl)cn2c1C=O. The lowest BCUT2D eigenvalue weighted by atomic mass is 10.1. The highest BCUT2D eigenvalue weighted by atomic mass is 35.5. The summed E-state index contributed by atoms with van der Waals surface area (Å²) >= 11 is 11.9. The molecule has 2 aromatic heterocycles. The monoisotopic (exact) mass is 256 g/mol. The zero-order valence-corrected chi connectivity index (χ0v) is 10.4. The summed E-state index contributed by atoms with van der Waals surface area (Å²) in [6, 6.07) is 1.62. The van der Waals surface area contributed by atoms with Crippen LogP contribution in [0.1, 0.15) is 35.9 Å². The highest BCUT2D eigenvalue weighted by Gasteiger charge is 2.16. The second-order valence-corrected chi connectivity index (χ2v) is 4.70. The molecule has 0 aliphatic carbocycles. The lowest BCUT2D eigenvalue weighted by molar-refractivity contribution is 0.111. The number of hydrogen-bond donors (Lipinski definition) is 0. The van der Waals surface area contributed by atoms with Crippen molar-refractivity contribution in [3.05, 3.63) is 33.7 Å². The molecule has 16 heavy (non-hydrogen) atoms. The Kier molecular flexibility index (Phi) is 2.91. The summed E-state index contributed by atoms with van der Waals surface area (Å²) in [5, 5.41) is 0.927. The molecule has 0 aliphatic heterocycles. The van der Waals surface area contributed by atoms with E-state index in [2.05, 4.69) is 4.98 Å². The minimum atomic E-state index is 0.162. The van der Waals surface area contributed by atoms with Gasteiger partial charge < -0.3 is 0 Å². The number of fused-ring (bicyclic) bond motifs is 1. The van der Waals surface area contributed by atoms with Gasteiger partial charge in [-0.2, -0.15) is 0 Å². The van der Waals surface area contributed by atoms with E-state index in [-0.39, 0.29) is 5.92 Å². The van der Waals surface area contributed by atoms with E-state index in [9.17, 15) is 4.79 Å². The van der Waals surface area contributed by atoms with E-state index in [1.165, 1.54) is 0 Å². The van der Waals surface area contributed by atoms with Crippen LogP contribution in [0.25, 0.3) is 5.65 Å². The van der Waals surface area contributed by atoms with Crippen LogP contribution >= 0.6 is 23.2 Å². The number of rotatable bonds is 2. The Morgan fingerprint density at radius 1 is 1.44 bits per heavy atom. The number of aldehydes is 1. The fourth-order valence-electron chi connectivity index (χ4n) is 1.65. The first-order chi connectivity index (χ1) is 7.54. The number of carbonyl (C=O) groups excluding carboxylic acids is 1. The second-order valence-electron chi connectivity index (χ2n) is 3.85. The van der Waals surface area contributed by atoms with Crippen LogP contribution in [-0.2, 0) is 0 Å². The predicted octanol–water partition coefficient (Wildman–Crippen LogP) is 3.58. The Morgan fingerprint density at radius 2 is 2.12 bits per heavy atom. The Morgan fingerprint density at radius 3 is 2.69 bits per heavy atom. The molecule has 2 rings (SSSR count).